The number of ether oxygens (including phenoxy) is 1. The molecule has 1 aromatic carbocycles. The van der Waals surface area contributed by atoms with Crippen LogP contribution in [0, 0.1) is 0 Å². The summed E-state index contributed by atoms with van der Waals surface area (Å²) >= 11 is 5.98. The van der Waals surface area contributed by atoms with Crippen LogP contribution in [0.2, 0.25) is 5.02 Å². The number of aromatic nitrogens is 1. The van der Waals surface area contributed by atoms with Crippen LogP contribution < -0.4 is 10.1 Å². The third-order valence-corrected chi connectivity index (χ3v) is 2.94. The monoisotopic (exact) mass is 290 g/mol. The van der Waals surface area contributed by atoms with E-state index in [9.17, 15) is 4.79 Å². The summed E-state index contributed by atoms with van der Waals surface area (Å²) in [6.07, 6.45) is 3.88. The molecule has 0 radical (unpaired) electrons. The fourth-order valence-electron chi connectivity index (χ4n) is 1.64. The van der Waals surface area contributed by atoms with E-state index in [2.05, 4.69) is 10.3 Å². The predicted molar refractivity (Wildman–Crippen MR) is 79.4 cm³/mol. The van der Waals surface area contributed by atoms with Crippen LogP contribution in [0.5, 0.6) is 5.75 Å². The lowest BCUT2D eigenvalue weighted by atomic mass is 10.2. The maximum absolute atomic E-state index is 12.2. The Hall–Kier alpha value is -2.07. The molecule has 0 aliphatic heterocycles. The standard InChI is InChI=1S/C15H15ClN2O2/c1-2-9-20-14-6-4-3-5-13(14)18-15(19)11-10-17-8-7-12(11)16/h3-8,10H,2,9H2,1H3,(H,18,19). The second-order valence-corrected chi connectivity index (χ2v) is 4.56. The Morgan fingerprint density at radius 3 is 2.90 bits per heavy atom. The van der Waals surface area contributed by atoms with Gasteiger partial charge in [-0.25, -0.2) is 0 Å². The summed E-state index contributed by atoms with van der Waals surface area (Å²) in [6, 6.07) is 8.87. The molecule has 0 aliphatic rings. The average Bonchev–Trinajstić information content (AvgIpc) is 2.46. The van der Waals surface area contributed by atoms with Crippen LogP contribution in [0.15, 0.2) is 42.7 Å². The topological polar surface area (TPSA) is 51.2 Å². The molecule has 104 valence electrons. The van der Waals surface area contributed by atoms with Crippen LogP contribution >= 0.6 is 11.6 Å². The van der Waals surface area contributed by atoms with Gasteiger partial charge >= 0.3 is 0 Å². The van der Waals surface area contributed by atoms with Gasteiger partial charge in [0.05, 0.1) is 22.9 Å². The molecule has 0 aliphatic carbocycles. The second kappa shape index (κ2) is 6.91. The normalized spacial score (nSPS) is 10.1. The largest absolute Gasteiger partial charge is 0.491 e. The van der Waals surface area contributed by atoms with Gasteiger partial charge in [0.25, 0.3) is 5.91 Å². The summed E-state index contributed by atoms with van der Waals surface area (Å²) in [7, 11) is 0. The van der Waals surface area contributed by atoms with Crippen molar-refractivity contribution in [1.82, 2.24) is 4.98 Å². The van der Waals surface area contributed by atoms with Crippen molar-refractivity contribution >= 4 is 23.2 Å². The zero-order chi connectivity index (χ0) is 14.4. The fourth-order valence-corrected chi connectivity index (χ4v) is 1.83. The van der Waals surface area contributed by atoms with Gasteiger partial charge in [-0.3, -0.25) is 9.78 Å². The molecule has 2 aromatic rings. The van der Waals surface area contributed by atoms with E-state index in [0.29, 0.717) is 28.6 Å². The highest BCUT2D eigenvalue weighted by atomic mass is 35.5. The van der Waals surface area contributed by atoms with Crippen LogP contribution in [0.4, 0.5) is 5.69 Å². The summed E-state index contributed by atoms with van der Waals surface area (Å²) in [4.78, 5) is 16.1. The fraction of sp³-hybridized carbons (Fsp3) is 0.200. The van der Waals surface area contributed by atoms with Crippen LogP contribution in [0.3, 0.4) is 0 Å². The first-order valence-electron chi connectivity index (χ1n) is 6.35. The number of anilines is 1. The van der Waals surface area contributed by atoms with E-state index in [1.165, 1.54) is 12.4 Å². The number of hydrogen-bond donors (Lipinski definition) is 1. The third kappa shape index (κ3) is 3.48. The first kappa shape index (κ1) is 14.3. The SMILES string of the molecule is CCCOc1ccccc1NC(=O)c1cnccc1Cl. The number of benzene rings is 1. The summed E-state index contributed by atoms with van der Waals surface area (Å²) in [5, 5.41) is 3.15. The average molecular weight is 291 g/mol. The molecule has 1 heterocycles. The Kier molecular flexibility index (Phi) is 4.96. The summed E-state index contributed by atoms with van der Waals surface area (Å²) in [6.45, 7) is 2.62. The van der Waals surface area contributed by atoms with E-state index < -0.39 is 0 Å². The number of nitrogens with one attached hydrogen (secondary N) is 1. The third-order valence-electron chi connectivity index (χ3n) is 2.61. The molecule has 1 aromatic heterocycles. The predicted octanol–water partition coefficient (Wildman–Crippen LogP) is 3.78. The zero-order valence-corrected chi connectivity index (χ0v) is 11.9. The number of carbonyl (C=O) groups is 1. The smallest absolute Gasteiger partial charge is 0.258 e. The molecule has 0 atom stereocenters. The van der Waals surface area contributed by atoms with Gasteiger partial charge in [0.1, 0.15) is 5.75 Å². The minimum absolute atomic E-state index is 0.310. The molecule has 4 nitrogen and oxygen atoms in total. The maximum Gasteiger partial charge on any atom is 0.258 e. The molecule has 0 fully saturated rings. The Bertz CT molecular complexity index is 602. The Balaban J connectivity index is 2.18. The summed E-state index contributed by atoms with van der Waals surface area (Å²) in [5.41, 5.74) is 0.949. The van der Waals surface area contributed by atoms with Crippen molar-refractivity contribution in [3.8, 4) is 5.75 Å². The first-order chi connectivity index (χ1) is 9.72. The Labute approximate surface area is 122 Å². The molecule has 1 amide bonds. The first-order valence-corrected chi connectivity index (χ1v) is 6.73. The van der Waals surface area contributed by atoms with Crippen molar-refractivity contribution in [2.45, 2.75) is 13.3 Å². The van der Waals surface area contributed by atoms with Crippen LogP contribution in [0.25, 0.3) is 0 Å². The molecular formula is C15H15ClN2O2. The molecular weight excluding hydrogens is 276 g/mol. The van der Waals surface area contributed by atoms with Crippen molar-refractivity contribution in [2.75, 3.05) is 11.9 Å². The molecule has 2 rings (SSSR count). The maximum atomic E-state index is 12.2. The number of halogens is 1. The molecule has 20 heavy (non-hydrogen) atoms. The number of para-hydroxylation sites is 2. The van der Waals surface area contributed by atoms with Crippen LogP contribution in [-0.4, -0.2) is 17.5 Å². The molecule has 0 spiro atoms. The van der Waals surface area contributed by atoms with E-state index in [1.807, 2.05) is 25.1 Å². The van der Waals surface area contributed by atoms with Gasteiger partial charge in [0, 0.05) is 12.4 Å². The van der Waals surface area contributed by atoms with Crippen molar-refractivity contribution < 1.29 is 9.53 Å². The van der Waals surface area contributed by atoms with Crippen molar-refractivity contribution in [3.05, 3.63) is 53.3 Å². The number of hydrogen-bond acceptors (Lipinski definition) is 3. The van der Waals surface area contributed by atoms with Crippen LogP contribution in [-0.2, 0) is 0 Å². The Morgan fingerprint density at radius 2 is 2.15 bits per heavy atom. The van der Waals surface area contributed by atoms with Gasteiger partial charge in [0.2, 0.25) is 0 Å². The minimum Gasteiger partial charge on any atom is -0.491 e. The number of carbonyl (C=O) groups excluding carboxylic acids is 1. The number of nitrogens with zero attached hydrogens (tertiary/aromatic N) is 1. The van der Waals surface area contributed by atoms with E-state index in [4.69, 9.17) is 16.3 Å². The highest BCUT2D eigenvalue weighted by Gasteiger charge is 2.12. The van der Waals surface area contributed by atoms with E-state index >= 15 is 0 Å². The minimum atomic E-state index is -0.310. The number of amides is 1. The second-order valence-electron chi connectivity index (χ2n) is 4.15. The van der Waals surface area contributed by atoms with Gasteiger partial charge in [0.15, 0.2) is 0 Å². The van der Waals surface area contributed by atoms with Gasteiger partial charge < -0.3 is 10.1 Å². The number of pyridine rings is 1. The van der Waals surface area contributed by atoms with E-state index in [0.717, 1.165) is 6.42 Å². The lowest BCUT2D eigenvalue weighted by molar-refractivity contribution is 0.102. The quantitative estimate of drug-likeness (QED) is 0.912. The summed E-state index contributed by atoms with van der Waals surface area (Å²) < 4.78 is 5.59. The van der Waals surface area contributed by atoms with Gasteiger partial charge in [-0.1, -0.05) is 30.7 Å². The van der Waals surface area contributed by atoms with E-state index in [1.54, 1.807) is 12.1 Å². The van der Waals surface area contributed by atoms with Gasteiger partial charge in [-0.2, -0.15) is 0 Å². The van der Waals surface area contributed by atoms with Crippen molar-refractivity contribution in [1.29, 1.82) is 0 Å². The van der Waals surface area contributed by atoms with Gasteiger partial charge in [-0.15, -0.1) is 0 Å². The van der Waals surface area contributed by atoms with Crippen LogP contribution in [0.1, 0.15) is 23.7 Å². The zero-order valence-electron chi connectivity index (χ0n) is 11.1. The molecule has 0 unspecified atom stereocenters. The van der Waals surface area contributed by atoms with E-state index in [-0.39, 0.29) is 5.91 Å². The Morgan fingerprint density at radius 1 is 1.35 bits per heavy atom. The lowest BCUT2D eigenvalue weighted by Gasteiger charge is -2.12. The highest BCUT2D eigenvalue weighted by molar-refractivity contribution is 6.34. The molecule has 0 bridgehead atoms. The lowest BCUT2D eigenvalue weighted by Crippen LogP contribution is -2.13. The van der Waals surface area contributed by atoms with Crippen molar-refractivity contribution in [3.63, 3.8) is 0 Å². The summed E-state index contributed by atoms with van der Waals surface area (Å²) in [5.74, 6) is 0.332. The molecule has 5 heteroatoms. The highest BCUT2D eigenvalue weighted by Crippen LogP contribution is 2.25. The molecule has 1 N–H and O–H groups in total. The van der Waals surface area contributed by atoms with Gasteiger partial charge in [-0.05, 0) is 24.6 Å². The van der Waals surface area contributed by atoms with Crippen molar-refractivity contribution in [2.24, 2.45) is 0 Å². The molecule has 0 saturated heterocycles. The molecule has 0 saturated carbocycles. The number of rotatable bonds is 5.